The van der Waals surface area contributed by atoms with Crippen LogP contribution < -0.4 is 20.1 Å². The second-order valence-corrected chi connectivity index (χ2v) is 8.59. The largest absolute Gasteiger partial charge is 0.490 e. The first kappa shape index (κ1) is 26.0. The van der Waals surface area contributed by atoms with E-state index in [1.54, 1.807) is 37.3 Å². The number of esters is 1. The van der Waals surface area contributed by atoms with E-state index in [0.717, 1.165) is 10.5 Å². The van der Waals surface area contributed by atoms with Crippen LogP contribution >= 0.6 is 22.6 Å². The molecule has 184 valence electrons. The summed E-state index contributed by atoms with van der Waals surface area (Å²) in [5, 5.41) is 5.17. The van der Waals surface area contributed by atoms with E-state index in [0.29, 0.717) is 32.9 Å². The average molecular weight is 593 g/mol. The number of hydrogen-bond acceptors (Lipinski definition) is 7. The van der Waals surface area contributed by atoms with Crippen molar-refractivity contribution in [3.8, 4) is 11.5 Å². The summed E-state index contributed by atoms with van der Waals surface area (Å²) in [6.45, 7) is 3.30. The molecule has 35 heavy (non-hydrogen) atoms. The second kappa shape index (κ2) is 11.7. The Kier molecular flexibility index (Phi) is 8.68. The quantitative estimate of drug-likeness (QED) is 0.198. The van der Waals surface area contributed by atoms with Gasteiger partial charge in [-0.1, -0.05) is 12.1 Å². The van der Waals surface area contributed by atoms with Crippen molar-refractivity contribution in [2.75, 3.05) is 32.2 Å². The Balaban J connectivity index is 1.76. The SMILES string of the molecule is CCOc1cc(/C=C2/NC(=O)N(CC(=O)Nc3cccc(C)c3)C2=O)cc(I)c1OCC(=O)OC. The third-order valence-electron chi connectivity index (χ3n) is 4.77. The topological polar surface area (TPSA) is 123 Å². The molecule has 1 fully saturated rings. The fraction of sp³-hybridized carbons (Fsp3) is 0.250. The van der Waals surface area contributed by atoms with Gasteiger partial charge in [-0.3, -0.25) is 9.59 Å². The van der Waals surface area contributed by atoms with Crippen molar-refractivity contribution in [3.05, 3.63) is 56.8 Å². The molecule has 1 heterocycles. The predicted octanol–water partition coefficient (Wildman–Crippen LogP) is 3.08. The molecule has 2 aromatic carbocycles. The average Bonchev–Trinajstić information content (AvgIpc) is 3.05. The Bertz CT molecular complexity index is 1200. The van der Waals surface area contributed by atoms with Crippen LogP contribution in [0.1, 0.15) is 18.1 Å². The summed E-state index contributed by atoms with van der Waals surface area (Å²) >= 11 is 2.02. The van der Waals surface area contributed by atoms with E-state index < -0.39 is 30.4 Å². The summed E-state index contributed by atoms with van der Waals surface area (Å²) in [7, 11) is 1.26. The van der Waals surface area contributed by atoms with Gasteiger partial charge in [0.15, 0.2) is 18.1 Å². The highest BCUT2D eigenvalue weighted by Gasteiger charge is 2.35. The van der Waals surface area contributed by atoms with Gasteiger partial charge >= 0.3 is 12.0 Å². The first-order chi connectivity index (χ1) is 16.7. The van der Waals surface area contributed by atoms with Crippen molar-refractivity contribution in [2.45, 2.75) is 13.8 Å². The number of imide groups is 1. The zero-order chi connectivity index (χ0) is 25.5. The molecular formula is C24H24IN3O7. The van der Waals surface area contributed by atoms with Crippen molar-refractivity contribution < 1.29 is 33.4 Å². The predicted molar refractivity (Wildman–Crippen MR) is 136 cm³/mol. The van der Waals surface area contributed by atoms with Gasteiger partial charge in [0.05, 0.1) is 17.3 Å². The van der Waals surface area contributed by atoms with Crippen molar-refractivity contribution in [1.82, 2.24) is 10.2 Å². The van der Waals surface area contributed by atoms with E-state index in [-0.39, 0.29) is 12.3 Å². The lowest BCUT2D eigenvalue weighted by molar-refractivity contribution is -0.143. The van der Waals surface area contributed by atoms with Crippen LogP contribution in [0.2, 0.25) is 0 Å². The number of carbonyl (C=O) groups is 4. The van der Waals surface area contributed by atoms with Gasteiger partial charge in [0.2, 0.25) is 5.91 Å². The number of ether oxygens (including phenoxy) is 3. The summed E-state index contributed by atoms with van der Waals surface area (Å²) in [4.78, 5) is 49.9. The standard InChI is InChI=1S/C24H24IN3O7/c1-4-34-19-11-15(9-17(25)22(19)35-13-21(30)33-3)10-18-23(31)28(24(32)27-18)12-20(29)26-16-7-5-6-14(2)8-16/h5-11H,4,12-13H2,1-3H3,(H,26,29)(H,27,32)/b18-10+. The molecule has 4 amide bonds. The zero-order valence-electron chi connectivity index (χ0n) is 19.3. The van der Waals surface area contributed by atoms with Crippen molar-refractivity contribution in [1.29, 1.82) is 0 Å². The number of nitrogens with one attached hydrogen (secondary N) is 2. The highest BCUT2D eigenvalue weighted by Crippen LogP contribution is 2.35. The highest BCUT2D eigenvalue weighted by atomic mass is 127. The van der Waals surface area contributed by atoms with Crippen LogP contribution in [0, 0.1) is 10.5 Å². The lowest BCUT2D eigenvalue weighted by Gasteiger charge is -2.14. The monoisotopic (exact) mass is 593 g/mol. The third-order valence-corrected chi connectivity index (χ3v) is 5.57. The first-order valence-corrected chi connectivity index (χ1v) is 11.7. The van der Waals surface area contributed by atoms with E-state index in [9.17, 15) is 19.2 Å². The molecule has 1 aliphatic rings. The molecule has 0 bridgehead atoms. The molecule has 0 unspecified atom stereocenters. The summed E-state index contributed by atoms with van der Waals surface area (Å²) < 4.78 is 16.4. The molecule has 0 aromatic heterocycles. The van der Waals surface area contributed by atoms with Gasteiger partial charge in [-0.15, -0.1) is 0 Å². The maximum atomic E-state index is 12.8. The summed E-state index contributed by atoms with van der Waals surface area (Å²) in [6.07, 6.45) is 1.48. The summed E-state index contributed by atoms with van der Waals surface area (Å²) in [6, 6.07) is 9.82. The van der Waals surface area contributed by atoms with Gasteiger partial charge in [0.25, 0.3) is 5.91 Å². The highest BCUT2D eigenvalue weighted by molar-refractivity contribution is 14.1. The summed E-state index contributed by atoms with van der Waals surface area (Å²) in [5.74, 6) is -0.952. The second-order valence-electron chi connectivity index (χ2n) is 7.42. The minimum Gasteiger partial charge on any atom is -0.490 e. The molecule has 2 N–H and O–H groups in total. The lowest BCUT2D eigenvalue weighted by atomic mass is 10.1. The Morgan fingerprint density at radius 1 is 1.17 bits per heavy atom. The van der Waals surface area contributed by atoms with E-state index in [4.69, 9.17) is 9.47 Å². The molecule has 1 saturated heterocycles. The molecule has 2 aromatic rings. The molecule has 0 atom stereocenters. The van der Waals surface area contributed by atoms with E-state index in [1.807, 2.05) is 35.6 Å². The Morgan fingerprint density at radius 2 is 1.94 bits per heavy atom. The maximum Gasteiger partial charge on any atom is 0.343 e. The number of rotatable bonds is 9. The number of urea groups is 1. The van der Waals surface area contributed by atoms with Crippen molar-refractivity contribution in [2.24, 2.45) is 0 Å². The van der Waals surface area contributed by atoms with Gasteiger partial charge < -0.3 is 24.8 Å². The molecular weight excluding hydrogens is 569 g/mol. The number of methoxy groups -OCH3 is 1. The molecule has 10 nitrogen and oxygen atoms in total. The van der Waals surface area contributed by atoms with Crippen LogP contribution in [-0.4, -0.2) is 55.6 Å². The number of amides is 4. The molecule has 0 saturated carbocycles. The summed E-state index contributed by atoms with van der Waals surface area (Å²) in [5.41, 5.74) is 2.11. The number of hydrogen-bond donors (Lipinski definition) is 2. The van der Waals surface area contributed by atoms with E-state index >= 15 is 0 Å². The molecule has 0 spiro atoms. The third kappa shape index (κ3) is 6.72. The van der Waals surface area contributed by atoms with Crippen LogP contribution in [0.5, 0.6) is 11.5 Å². The van der Waals surface area contributed by atoms with Crippen LogP contribution in [0.3, 0.4) is 0 Å². The van der Waals surface area contributed by atoms with Crippen LogP contribution in [0.4, 0.5) is 10.5 Å². The first-order valence-electron chi connectivity index (χ1n) is 10.6. The Labute approximate surface area is 215 Å². The minimum atomic E-state index is -0.696. The lowest BCUT2D eigenvalue weighted by Crippen LogP contribution is -2.38. The fourth-order valence-corrected chi connectivity index (χ4v) is 3.99. The van der Waals surface area contributed by atoms with E-state index in [2.05, 4.69) is 15.4 Å². The van der Waals surface area contributed by atoms with Crippen molar-refractivity contribution >= 4 is 58.2 Å². The molecule has 3 rings (SSSR count). The van der Waals surface area contributed by atoms with Gasteiger partial charge in [-0.2, -0.15) is 0 Å². The molecule has 0 radical (unpaired) electrons. The van der Waals surface area contributed by atoms with Crippen molar-refractivity contribution in [3.63, 3.8) is 0 Å². The van der Waals surface area contributed by atoms with Crippen LogP contribution in [0.25, 0.3) is 6.08 Å². The normalized spacial score (nSPS) is 14.1. The fourth-order valence-electron chi connectivity index (χ4n) is 3.21. The Hall–Kier alpha value is -3.61. The molecule has 0 aliphatic carbocycles. The number of benzene rings is 2. The number of nitrogens with zero attached hydrogens (tertiary/aromatic N) is 1. The van der Waals surface area contributed by atoms with Gasteiger partial charge in [-0.05, 0) is 77.9 Å². The van der Waals surface area contributed by atoms with Crippen LogP contribution in [0.15, 0.2) is 42.1 Å². The van der Waals surface area contributed by atoms with Gasteiger partial charge in [0, 0.05) is 5.69 Å². The molecule has 1 aliphatic heterocycles. The number of aryl methyl sites for hydroxylation is 1. The molecule has 11 heteroatoms. The Morgan fingerprint density at radius 3 is 2.63 bits per heavy atom. The van der Waals surface area contributed by atoms with Gasteiger partial charge in [0.1, 0.15) is 12.2 Å². The zero-order valence-corrected chi connectivity index (χ0v) is 21.5. The number of anilines is 1. The minimum absolute atomic E-state index is 0.0137. The van der Waals surface area contributed by atoms with Gasteiger partial charge in [-0.25, -0.2) is 14.5 Å². The van der Waals surface area contributed by atoms with E-state index in [1.165, 1.54) is 13.2 Å². The smallest absolute Gasteiger partial charge is 0.343 e. The maximum absolute atomic E-state index is 12.8. The van der Waals surface area contributed by atoms with Crippen LogP contribution in [-0.2, 0) is 19.1 Å². The number of halogens is 1. The number of carbonyl (C=O) groups excluding carboxylic acids is 4.